The molecule has 0 saturated carbocycles. The summed E-state index contributed by atoms with van der Waals surface area (Å²) in [6, 6.07) is 4.04. The number of anilines is 1. The minimum atomic E-state index is -0.357. The first kappa shape index (κ1) is 12.8. The Kier molecular flexibility index (Phi) is 4.52. The predicted molar refractivity (Wildman–Crippen MR) is 69.7 cm³/mol. The molecule has 98 valence electrons. The van der Waals surface area contributed by atoms with E-state index in [0.717, 1.165) is 19.5 Å². The number of ether oxygens (including phenoxy) is 1. The number of carbonyl (C=O) groups is 1. The highest BCUT2D eigenvalue weighted by Crippen LogP contribution is 2.14. The minimum absolute atomic E-state index is 0.357. The van der Waals surface area contributed by atoms with Gasteiger partial charge in [0.25, 0.3) is 0 Å². The second kappa shape index (κ2) is 6.35. The summed E-state index contributed by atoms with van der Waals surface area (Å²) in [5, 5.41) is 6.64. The van der Waals surface area contributed by atoms with Gasteiger partial charge in [0.1, 0.15) is 11.4 Å². The molecular weight excluding hydrogens is 230 g/mol. The number of pyridine rings is 1. The van der Waals surface area contributed by atoms with Crippen LogP contribution in [0.5, 0.6) is 0 Å². The molecule has 1 aromatic rings. The summed E-state index contributed by atoms with van der Waals surface area (Å²) in [5.74, 6) is 0.243. The van der Waals surface area contributed by atoms with Crippen LogP contribution in [0.25, 0.3) is 0 Å². The molecule has 2 rings (SSSR count). The lowest BCUT2D eigenvalue weighted by molar-refractivity contribution is 0.0601. The Morgan fingerprint density at radius 1 is 1.67 bits per heavy atom. The van der Waals surface area contributed by atoms with Gasteiger partial charge in [-0.3, -0.25) is 0 Å². The average molecular weight is 249 g/mol. The van der Waals surface area contributed by atoms with Crippen molar-refractivity contribution in [2.75, 3.05) is 25.5 Å². The molecule has 5 nitrogen and oxygen atoms in total. The van der Waals surface area contributed by atoms with Crippen molar-refractivity contribution < 1.29 is 9.53 Å². The summed E-state index contributed by atoms with van der Waals surface area (Å²) in [6.45, 7) is 1.92. The van der Waals surface area contributed by atoms with Gasteiger partial charge in [-0.25, -0.2) is 9.78 Å². The number of hydrogen-bond acceptors (Lipinski definition) is 5. The predicted octanol–water partition coefficient (Wildman–Crippen LogP) is 1.42. The molecule has 1 aromatic heterocycles. The third kappa shape index (κ3) is 3.20. The molecular formula is C13H19N3O2. The fourth-order valence-corrected chi connectivity index (χ4v) is 2.19. The van der Waals surface area contributed by atoms with E-state index in [1.54, 1.807) is 18.3 Å². The van der Waals surface area contributed by atoms with Crippen LogP contribution in [0.3, 0.4) is 0 Å². The smallest absolute Gasteiger partial charge is 0.341 e. The standard InChI is InChI=1S/C13H19N3O2/c1-18-13(17)11-5-3-8-15-12(11)16-9-6-10-4-2-7-14-10/h3,5,8,10,14H,2,4,6-7,9H2,1H3,(H,15,16). The van der Waals surface area contributed by atoms with Gasteiger partial charge in [-0.2, -0.15) is 0 Å². The highest BCUT2D eigenvalue weighted by molar-refractivity contribution is 5.94. The lowest BCUT2D eigenvalue weighted by atomic mass is 10.1. The molecule has 5 heteroatoms. The van der Waals surface area contributed by atoms with Gasteiger partial charge in [0.15, 0.2) is 0 Å². The van der Waals surface area contributed by atoms with Gasteiger partial charge in [-0.15, -0.1) is 0 Å². The van der Waals surface area contributed by atoms with Crippen molar-refractivity contribution in [2.45, 2.75) is 25.3 Å². The second-order valence-electron chi connectivity index (χ2n) is 4.40. The highest BCUT2D eigenvalue weighted by atomic mass is 16.5. The van der Waals surface area contributed by atoms with Crippen molar-refractivity contribution in [1.29, 1.82) is 0 Å². The van der Waals surface area contributed by atoms with E-state index in [4.69, 9.17) is 4.74 Å². The molecule has 0 bridgehead atoms. The zero-order valence-corrected chi connectivity index (χ0v) is 10.6. The molecule has 1 unspecified atom stereocenters. The minimum Gasteiger partial charge on any atom is -0.465 e. The SMILES string of the molecule is COC(=O)c1cccnc1NCCC1CCCN1. The van der Waals surface area contributed by atoms with Crippen molar-refractivity contribution in [1.82, 2.24) is 10.3 Å². The molecule has 0 aliphatic carbocycles. The molecule has 0 amide bonds. The molecule has 1 fully saturated rings. The van der Waals surface area contributed by atoms with E-state index in [1.807, 2.05) is 0 Å². The first-order chi connectivity index (χ1) is 8.81. The van der Waals surface area contributed by atoms with Gasteiger partial charge in [0.05, 0.1) is 7.11 Å². The van der Waals surface area contributed by atoms with Crippen LogP contribution in [-0.4, -0.2) is 37.2 Å². The zero-order chi connectivity index (χ0) is 12.8. The van der Waals surface area contributed by atoms with E-state index >= 15 is 0 Å². The first-order valence-corrected chi connectivity index (χ1v) is 6.32. The molecule has 18 heavy (non-hydrogen) atoms. The topological polar surface area (TPSA) is 63.2 Å². The van der Waals surface area contributed by atoms with E-state index in [9.17, 15) is 4.79 Å². The number of nitrogens with one attached hydrogen (secondary N) is 2. The summed E-state index contributed by atoms with van der Waals surface area (Å²) in [6.07, 6.45) is 5.19. The maximum atomic E-state index is 11.5. The van der Waals surface area contributed by atoms with E-state index < -0.39 is 0 Å². The van der Waals surface area contributed by atoms with Crippen molar-refractivity contribution in [3.05, 3.63) is 23.9 Å². The lowest BCUT2D eigenvalue weighted by Crippen LogP contribution is -2.24. The van der Waals surface area contributed by atoms with Crippen LogP contribution >= 0.6 is 0 Å². The van der Waals surface area contributed by atoms with Crippen LogP contribution in [0.1, 0.15) is 29.6 Å². The third-order valence-corrected chi connectivity index (χ3v) is 3.16. The Hall–Kier alpha value is -1.62. The molecule has 0 radical (unpaired) electrons. The van der Waals surface area contributed by atoms with E-state index in [0.29, 0.717) is 17.4 Å². The van der Waals surface area contributed by atoms with Gasteiger partial charge >= 0.3 is 5.97 Å². The molecule has 1 saturated heterocycles. The first-order valence-electron chi connectivity index (χ1n) is 6.32. The average Bonchev–Trinajstić information content (AvgIpc) is 2.92. The number of nitrogens with zero attached hydrogens (tertiary/aromatic N) is 1. The van der Waals surface area contributed by atoms with Crippen LogP contribution in [0.2, 0.25) is 0 Å². The Bertz CT molecular complexity index is 403. The normalized spacial score (nSPS) is 18.6. The summed E-state index contributed by atoms with van der Waals surface area (Å²) in [5.41, 5.74) is 0.486. The Morgan fingerprint density at radius 3 is 3.28 bits per heavy atom. The van der Waals surface area contributed by atoms with Crippen molar-refractivity contribution in [3.8, 4) is 0 Å². The van der Waals surface area contributed by atoms with E-state index in [-0.39, 0.29) is 5.97 Å². The van der Waals surface area contributed by atoms with E-state index in [1.165, 1.54) is 20.0 Å². The summed E-state index contributed by atoms with van der Waals surface area (Å²) in [7, 11) is 1.38. The number of aromatic nitrogens is 1. The number of methoxy groups -OCH3 is 1. The van der Waals surface area contributed by atoms with Crippen LogP contribution in [0, 0.1) is 0 Å². The van der Waals surface area contributed by atoms with Crippen LogP contribution < -0.4 is 10.6 Å². The summed E-state index contributed by atoms with van der Waals surface area (Å²) >= 11 is 0. The monoisotopic (exact) mass is 249 g/mol. The van der Waals surface area contributed by atoms with Gasteiger partial charge in [-0.1, -0.05) is 0 Å². The second-order valence-corrected chi connectivity index (χ2v) is 4.40. The summed E-state index contributed by atoms with van der Waals surface area (Å²) in [4.78, 5) is 15.7. The van der Waals surface area contributed by atoms with Gasteiger partial charge in [-0.05, 0) is 37.9 Å². The summed E-state index contributed by atoms with van der Waals surface area (Å²) < 4.78 is 4.73. The molecule has 1 aliphatic rings. The Morgan fingerprint density at radius 2 is 2.56 bits per heavy atom. The van der Waals surface area contributed by atoms with Crippen molar-refractivity contribution >= 4 is 11.8 Å². The maximum absolute atomic E-state index is 11.5. The fraction of sp³-hybridized carbons (Fsp3) is 0.538. The van der Waals surface area contributed by atoms with Gasteiger partial charge in [0, 0.05) is 18.8 Å². The molecule has 1 aliphatic heterocycles. The van der Waals surface area contributed by atoms with Gasteiger partial charge < -0.3 is 15.4 Å². The van der Waals surface area contributed by atoms with Crippen molar-refractivity contribution in [3.63, 3.8) is 0 Å². The quantitative estimate of drug-likeness (QED) is 0.773. The molecule has 2 N–H and O–H groups in total. The number of carbonyl (C=O) groups excluding carboxylic acids is 1. The van der Waals surface area contributed by atoms with Crippen LogP contribution in [0.4, 0.5) is 5.82 Å². The molecule has 0 spiro atoms. The number of rotatable bonds is 5. The van der Waals surface area contributed by atoms with Gasteiger partial charge in [0.2, 0.25) is 0 Å². The Balaban J connectivity index is 1.89. The molecule has 1 atom stereocenters. The molecule has 2 heterocycles. The third-order valence-electron chi connectivity index (χ3n) is 3.16. The zero-order valence-electron chi connectivity index (χ0n) is 10.6. The molecule has 0 aromatic carbocycles. The van der Waals surface area contributed by atoms with E-state index in [2.05, 4.69) is 15.6 Å². The highest BCUT2D eigenvalue weighted by Gasteiger charge is 2.15. The van der Waals surface area contributed by atoms with Crippen molar-refractivity contribution in [2.24, 2.45) is 0 Å². The number of hydrogen-bond donors (Lipinski definition) is 2. The van der Waals surface area contributed by atoms with Crippen LogP contribution in [-0.2, 0) is 4.74 Å². The largest absolute Gasteiger partial charge is 0.465 e. The Labute approximate surface area is 107 Å². The maximum Gasteiger partial charge on any atom is 0.341 e. The lowest BCUT2D eigenvalue weighted by Gasteiger charge is -2.12. The number of esters is 1. The van der Waals surface area contributed by atoms with Crippen LogP contribution in [0.15, 0.2) is 18.3 Å². The fourth-order valence-electron chi connectivity index (χ4n) is 2.19.